The Balaban J connectivity index is 2.40. The van der Waals surface area contributed by atoms with Crippen LogP contribution in [-0.2, 0) is 4.79 Å². The predicted octanol–water partition coefficient (Wildman–Crippen LogP) is 1.93. The Morgan fingerprint density at radius 3 is 3.14 bits per heavy atom. The lowest BCUT2D eigenvalue weighted by Crippen LogP contribution is -1.84. The Kier molecular flexibility index (Phi) is 2.02. The van der Waals surface area contributed by atoms with E-state index in [4.69, 9.17) is 9.52 Å². The van der Waals surface area contributed by atoms with Crippen molar-refractivity contribution in [3.63, 3.8) is 0 Å². The Morgan fingerprint density at radius 2 is 2.43 bits per heavy atom. The summed E-state index contributed by atoms with van der Waals surface area (Å²) in [6.45, 7) is 0. The SMILES string of the molecule is O=C(O)/C=C/c1cc2cnccc2o1. The van der Waals surface area contributed by atoms with Crippen LogP contribution in [0.15, 0.2) is 35.0 Å². The quantitative estimate of drug-likeness (QED) is 0.733. The van der Waals surface area contributed by atoms with E-state index in [0.29, 0.717) is 11.3 Å². The van der Waals surface area contributed by atoms with Gasteiger partial charge in [-0.2, -0.15) is 0 Å². The molecule has 0 unspecified atom stereocenters. The van der Waals surface area contributed by atoms with E-state index in [1.54, 1.807) is 24.5 Å². The maximum atomic E-state index is 10.2. The van der Waals surface area contributed by atoms with Crippen LogP contribution >= 0.6 is 0 Å². The number of rotatable bonds is 2. The second-order valence-electron chi connectivity index (χ2n) is 2.73. The molecule has 0 radical (unpaired) electrons. The Hall–Kier alpha value is -2.10. The molecule has 0 amide bonds. The van der Waals surface area contributed by atoms with Gasteiger partial charge in [-0.15, -0.1) is 0 Å². The van der Waals surface area contributed by atoms with Gasteiger partial charge in [-0.05, 0) is 18.2 Å². The molecule has 70 valence electrons. The molecule has 0 aromatic carbocycles. The fourth-order valence-corrected chi connectivity index (χ4v) is 1.14. The van der Waals surface area contributed by atoms with Gasteiger partial charge in [-0.25, -0.2) is 4.79 Å². The van der Waals surface area contributed by atoms with Crippen LogP contribution in [0.3, 0.4) is 0 Å². The summed E-state index contributed by atoms with van der Waals surface area (Å²) < 4.78 is 5.33. The largest absolute Gasteiger partial charge is 0.478 e. The number of carboxylic acid groups (broad SMARTS) is 1. The number of aliphatic carboxylic acids is 1. The van der Waals surface area contributed by atoms with Gasteiger partial charge >= 0.3 is 5.97 Å². The van der Waals surface area contributed by atoms with Gasteiger partial charge in [0.15, 0.2) is 0 Å². The van der Waals surface area contributed by atoms with E-state index >= 15 is 0 Å². The third kappa shape index (κ3) is 1.64. The van der Waals surface area contributed by atoms with Crippen molar-refractivity contribution in [2.75, 3.05) is 0 Å². The fraction of sp³-hybridized carbons (Fsp3) is 0. The zero-order valence-corrected chi connectivity index (χ0v) is 7.18. The molecule has 2 aromatic heterocycles. The zero-order chi connectivity index (χ0) is 9.97. The van der Waals surface area contributed by atoms with Gasteiger partial charge in [-0.3, -0.25) is 4.98 Å². The van der Waals surface area contributed by atoms with E-state index in [1.807, 2.05) is 0 Å². The first-order valence-corrected chi connectivity index (χ1v) is 4.00. The molecule has 14 heavy (non-hydrogen) atoms. The van der Waals surface area contributed by atoms with Crippen molar-refractivity contribution in [1.29, 1.82) is 0 Å². The molecule has 4 nitrogen and oxygen atoms in total. The molecule has 4 heteroatoms. The molecule has 1 N–H and O–H groups in total. The lowest BCUT2D eigenvalue weighted by atomic mass is 10.3. The zero-order valence-electron chi connectivity index (χ0n) is 7.18. The molecule has 2 rings (SSSR count). The average molecular weight is 189 g/mol. The van der Waals surface area contributed by atoms with Crippen molar-refractivity contribution in [2.24, 2.45) is 0 Å². The number of aromatic nitrogens is 1. The summed E-state index contributed by atoms with van der Waals surface area (Å²) in [4.78, 5) is 14.2. The third-order valence-electron chi connectivity index (χ3n) is 1.73. The minimum Gasteiger partial charge on any atom is -0.478 e. The lowest BCUT2D eigenvalue weighted by molar-refractivity contribution is -0.131. The van der Waals surface area contributed by atoms with Crippen molar-refractivity contribution in [3.8, 4) is 0 Å². The van der Waals surface area contributed by atoms with Gasteiger partial charge in [0.1, 0.15) is 11.3 Å². The molecule has 0 saturated carbocycles. The minimum absolute atomic E-state index is 0.510. The first-order valence-electron chi connectivity index (χ1n) is 4.00. The van der Waals surface area contributed by atoms with E-state index in [9.17, 15) is 4.79 Å². The number of carboxylic acids is 1. The van der Waals surface area contributed by atoms with E-state index in [2.05, 4.69) is 4.98 Å². The van der Waals surface area contributed by atoms with Crippen molar-refractivity contribution in [1.82, 2.24) is 4.98 Å². The van der Waals surface area contributed by atoms with Gasteiger partial charge < -0.3 is 9.52 Å². The van der Waals surface area contributed by atoms with Crippen LogP contribution in [0.25, 0.3) is 17.0 Å². The van der Waals surface area contributed by atoms with Gasteiger partial charge in [0.05, 0.1) is 0 Å². The Labute approximate surface area is 79.5 Å². The third-order valence-corrected chi connectivity index (χ3v) is 1.73. The molecule has 0 aliphatic heterocycles. The number of hydrogen-bond donors (Lipinski definition) is 1. The first-order chi connectivity index (χ1) is 6.75. The van der Waals surface area contributed by atoms with Crippen molar-refractivity contribution in [2.45, 2.75) is 0 Å². The maximum absolute atomic E-state index is 10.2. The van der Waals surface area contributed by atoms with E-state index in [1.165, 1.54) is 6.08 Å². The highest BCUT2D eigenvalue weighted by molar-refractivity contribution is 5.86. The van der Waals surface area contributed by atoms with Gasteiger partial charge in [0.2, 0.25) is 0 Å². The number of fused-ring (bicyclic) bond motifs is 1. The molecule has 0 atom stereocenters. The highest BCUT2D eigenvalue weighted by atomic mass is 16.4. The molecule has 0 aliphatic carbocycles. The van der Waals surface area contributed by atoms with Gasteiger partial charge in [0.25, 0.3) is 0 Å². The summed E-state index contributed by atoms with van der Waals surface area (Å²) in [7, 11) is 0. The molecular formula is C10H7NO3. The second-order valence-corrected chi connectivity index (χ2v) is 2.73. The van der Waals surface area contributed by atoms with Crippen LogP contribution in [0.1, 0.15) is 5.76 Å². The molecule has 0 fully saturated rings. The van der Waals surface area contributed by atoms with E-state index < -0.39 is 5.97 Å². The summed E-state index contributed by atoms with van der Waals surface area (Å²) >= 11 is 0. The topological polar surface area (TPSA) is 63.3 Å². The summed E-state index contributed by atoms with van der Waals surface area (Å²) in [6, 6.07) is 3.47. The van der Waals surface area contributed by atoms with Gasteiger partial charge in [0, 0.05) is 23.9 Å². The molecule has 0 bridgehead atoms. The number of furan rings is 1. The molecule has 0 spiro atoms. The molecule has 2 heterocycles. The molecule has 0 aliphatic rings. The van der Waals surface area contributed by atoms with Crippen LogP contribution in [0.5, 0.6) is 0 Å². The van der Waals surface area contributed by atoms with Crippen molar-refractivity contribution < 1.29 is 14.3 Å². The fourth-order valence-electron chi connectivity index (χ4n) is 1.14. The van der Waals surface area contributed by atoms with E-state index in [-0.39, 0.29) is 0 Å². The second kappa shape index (κ2) is 3.33. The first kappa shape index (κ1) is 8.50. The minimum atomic E-state index is -0.997. The van der Waals surface area contributed by atoms with Crippen LogP contribution < -0.4 is 0 Å². The Bertz CT molecular complexity index is 466. The number of carbonyl (C=O) groups is 1. The van der Waals surface area contributed by atoms with Crippen LogP contribution in [0, 0.1) is 0 Å². The number of nitrogens with zero attached hydrogens (tertiary/aromatic N) is 1. The molecule has 0 saturated heterocycles. The average Bonchev–Trinajstić information content (AvgIpc) is 2.57. The van der Waals surface area contributed by atoms with Crippen LogP contribution in [-0.4, -0.2) is 16.1 Å². The van der Waals surface area contributed by atoms with Crippen molar-refractivity contribution in [3.05, 3.63) is 36.4 Å². The smallest absolute Gasteiger partial charge is 0.328 e. The van der Waals surface area contributed by atoms with Gasteiger partial charge in [-0.1, -0.05) is 0 Å². The molecular weight excluding hydrogens is 182 g/mol. The highest BCUT2D eigenvalue weighted by Crippen LogP contribution is 2.18. The normalized spacial score (nSPS) is 11.1. The summed E-state index contributed by atoms with van der Waals surface area (Å²) in [5.74, 6) is -0.487. The van der Waals surface area contributed by atoms with E-state index in [0.717, 1.165) is 11.5 Å². The Morgan fingerprint density at radius 1 is 1.57 bits per heavy atom. The monoisotopic (exact) mass is 189 g/mol. The molecule has 2 aromatic rings. The summed E-state index contributed by atoms with van der Waals surface area (Å²) in [5.41, 5.74) is 0.699. The van der Waals surface area contributed by atoms with Crippen molar-refractivity contribution >= 4 is 23.0 Å². The lowest BCUT2D eigenvalue weighted by Gasteiger charge is -1.82. The number of pyridine rings is 1. The maximum Gasteiger partial charge on any atom is 0.328 e. The summed E-state index contributed by atoms with van der Waals surface area (Å²) in [5, 5.41) is 9.27. The summed E-state index contributed by atoms with van der Waals surface area (Å²) in [6.07, 6.45) is 5.72. The predicted molar refractivity (Wildman–Crippen MR) is 50.7 cm³/mol. The highest BCUT2D eigenvalue weighted by Gasteiger charge is 1.99. The van der Waals surface area contributed by atoms with Crippen LogP contribution in [0.4, 0.5) is 0 Å². The van der Waals surface area contributed by atoms with Crippen LogP contribution in [0.2, 0.25) is 0 Å². The number of hydrogen-bond acceptors (Lipinski definition) is 3. The standard InChI is InChI=1S/C10H7NO3/c12-10(13)2-1-8-5-7-6-11-4-3-9(7)14-8/h1-6H,(H,12,13)/b2-1+.